The Labute approximate surface area is 182 Å². The molecule has 0 saturated carbocycles. The zero-order valence-corrected chi connectivity index (χ0v) is 17.6. The minimum absolute atomic E-state index is 0.252. The van der Waals surface area contributed by atoms with Crippen molar-refractivity contribution in [3.63, 3.8) is 0 Å². The average molecular weight is 433 g/mol. The number of fused-ring (bicyclic) bond motifs is 2. The van der Waals surface area contributed by atoms with Crippen molar-refractivity contribution in [2.75, 3.05) is 11.9 Å². The largest absolute Gasteiger partial charge is 0.493 e. The third-order valence-electron chi connectivity index (χ3n) is 5.55. The fourth-order valence-corrected chi connectivity index (χ4v) is 3.92. The van der Waals surface area contributed by atoms with E-state index >= 15 is 0 Å². The van der Waals surface area contributed by atoms with Crippen LogP contribution < -0.4 is 15.5 Å². The molecular weight excluding hydrogens is 413 g/mol. The van der Waals surface area contributed by atoms with Crippen LogP contribution in [0.2, 0.25) is 0 Å². The highest BCUT2D eigenvalue weighted by Crippen LogP contribution is 2.30. The van der Waals surface area contributed by atoms with Gasteiger partial charge in [-0.3, -0.25) is 4.57 Å². The van der Waals surface area contributed by atoms with Crippen molar-refractivity contribution in [3.8, 4) is 16.9 Å². The van der Waals surface area contributed by atoms with Gasteiger partial charge in [-0.2, -0.15) is 9.62 Å². The summed E-state index contributed by atoms with van der Waals surface area (Å²) in [6.45, 7) is 6.22. The molecule has 3 aromatic heterocycles. The van der Waals surface area contributed by atoms with E-state index in [1.165, 1.54) is 6.07 Å². The van der Waals surface area contributed by atoms with Crippen LogP contribution in [0.25, 0.3) is 16.8 Å². The lowest BCUT2D eigenvalue weighted by atomic mass is 10.0. The Kier molecular flexibility index (Phi) is 4.85. The van der Waals surface area contributed by atoms with E-state index in [2.05, 4.69) is 42.7 Å². The fraction of sp³-hybridized carbons (Fsp3) is 0.238. The predicted octanol–water partition coefficient (Wildman–Crippen LogP) is 2.04. The van der Waals surface area contributed by atoms with Gasteiger partial charge in [0, 0.05) is 60.9 Å². The van der Waals surface area contributed by atoms with E-state index in [9.17, 15) is 4.39 Å². The molecule has 162 valence electrons. The third kappa shape index (κ3) is 3.18. The monoisotopic (exact) mass is 433 g/mol. The second-order valence-corrected chi connectivity index (χ2v) is 7.38. The molecule has 4 heterocycles. The van der Waals surface area contributed by atoms with Crippen LogP contribution in [0.5, 0.6) is 5.75 Å². The van der Waals surface area contributed by atoms with Gasteiger partial charge in [-0.15, -0.1) is 10.2 Å². The second kappa shape index (κ2) is 7.84. The number of anilines is 1. The molecule has 1 N–H and O–H groups in total. The average Bonchev–Trinajstić information content (AvgIpc) is 3.46. The van der Waals surface area contributed by atoms with Crippen LogP contribution in [-0.4, -0.2) is 42.9 Å². The van der Waals surface area contributed by atoms with E-state index < -0.39 is 0 Å². The maximum absolute atomic E-state index is 14.5. The quantitative estimate of drug-likeness (QED) is 0.381. The van der Waals surface area contributed by atoms with Gasteiger partial charge < -0.3 is 10.1 Å². The third-order valence-corrected chi connectivity index (χ3v) is 5.55. The van der Waals surface area contributed by atoms with Crippen LogP contribution in [0.1, 0.15) is 16.8 Å². The molecule has 5 rings (SSSR count). The van der Waals surface area contributed by atoms with Gasteiger partial charge in [0.25, 0.3) is 0 Å². The molecule has 11 heteroatoms. The fourth-order valence-electron chi connectivity index (χ4n) is 3.92. The smallest absolute Gasteiger partial charge is 0.204 e. The summed E-state index contributed by atoms with van der Waals surface area (Å²) >= 11 is 0. The van der Waals surface area contributed by atoms with Crippen molar-refractivity contribution >= 4 is 18.3 Å². The summed E-state index contributed by atoms with van der Waals surface area (Å²) in [6, 6.07) is 6.92. The van der Waals surface area contributed by atoms with Crippen LogP contribution in [0.4, 0.5) is 10.3 Å². The van der Waals surface area contributed by atoms with Gasteiger partial charge in [0.05, 0.1) is 6.61 Å². The van der Waals surface area contributed by atoms with E-state index in [0.717, 1.165) is 22.6 Å². The Morgan fingerprint density at radius 3 is 2.97 bits per heavy atom. The predicted molar refractivity (Wildman–Crippen MR) is 116 cm³/mol. The van der Waals surface area contributed by atoms with Crippen LogP contribution in [-0.2, 0) is 20.0 Å². The number of aryl methyl sites for hydroxylation is 1. The van der Waals surface area contributed by atoms with E-state index in [0.29, 0.717) is 41.2 Å². The maximum Gasteiger partial charge on any atom is 0.204 e. The first-order valence-corrected chi connectivity index (χ1v) is 9.99. The Balaban J connectivity index is 1.56. The number of halogens is 1. The normalized spacial score (nSPS) is 13.3. The van der Waals surface area contributed by atoms with E-state index in [1.54, 1.807) is 28.4 Å². The van der Waals surface area contributed by atoms with Crippen molar-refractivity contribution in [3.05, 3.63) is 58.6 Å². The number of tetrazole rings is 1. The first-order valence-electron chi connectivity index (χ1n) is 9.99. The summed E-state index contributed by atoms with van der Waals surface area (Å²) in [4.78, 5) is 4.55. The van der Waals surface area contributed by atoms with Gasteiger partial charge in [0.1, 0.15) is 11.6 Å². The van der Waals surface area contributed by atoms with Crippen molar-refractivity contribution in [2.24, 2.45) is 17.3 Å². The van der Waals surface area contributed by atoms with Crippen molar-refractivity contribution < 1.29 is 9.13 Å². The standard InChI is InChI=1S/C21H20FN9O/c1-12-4-5-14(20-27-28-29-31(12)20)16-11-25-21(30(3)19(16)26-23-2)24-10-15-13-8-9-32-18(13)7-6-17(15)22/h4-7,11H,2,8-10H2,1,3H3,(H,24,25)/b26-19-. The Morgan fingerprint density at radius 1 is 1.25 bits per heavy atom. The first kappa shape index (κ1) is 19.8. The van der Waals surface area contributed by atoms with Crippen LogP contribution >= 0.6 is 0 Å². The highest BCUT2D eigenvalue weighted by Gasteiger charge is 2.20. The van der Waals surface area contributed by atoms with Gasteiger partial charge in [0.2, 0.25) is 5.95 Å². The summed E-state index contributed by atoms with van der Waals surface area (Å²) in [5.74, 6) is 0.947. The van der Waals surface area contributed by atoms with Crippen LogP contribution in [0.3, 0.4) is 0 Å². The molecule has 0 radical (unpaired) electrons. The lowest BCUT2D eigenvalue weighted by Crippen LogP contribution is -2.25. The van der Waals surface area contributed by atoms with Crippen molar-refractivity contribution in [1.82, 2.24) is 29.6 Å². The molecule has 0 saturated heterocycles. The van der Waals surface area contributed by atoms with Gasteiger partial charge >= 0.3 is 0 Å². The topological polar surface area (TPSA) is 107 Å². The van der Waals surface area contributed by atoms with Gasteiger partial charge in [0.15, 0.2) is 11.1 Å². The molecule has 1 aliphatic heterocycles. The SMILES string of the molecule is C=N/N=c1/c(-c2ccc(C)n3nnnc23)cnc(NCc2c(F)ccc3c2CCO3)n1C. The van der Waals surface area contributed by atoms with Crippen molar-refractivity contribution in [1.29, 1.82) is 0 Å². The molecule has 32 heavy (non-hydrogen) atoms. The number of benzene rings is 1. The number of aromatic nitrogens is 6. The zero-order chi connectivity index (χ0) is 22.2. The van der Waals surface area contributed by atoms with Crippen LogP contribution in [0.15, 0.2) is 40.7 Å². The lowest BCUT2D eigenvalue weighted by molar-refractivity contribution is 0.356. The molecule has 0 unspecified atom stereocenters. The van der Waals surface area contributed by atoms with Gasteiger partial charge in [-0.1, -0.05) is 0 Å². The Bertz CT molecular complexity index is 1420. The number of rotatable bonds is 5. The minimum atomic E-state index is -0.278. The zero-order valence-electron chi connectivity index (χ0n) is 17.6. The number of nitrogens with one attached hydrogen (secondary N) is 1. The number of pyridine rings is 1. The van der Waals surface area contributed by atoms with E-state index in [-0.39, 0.29) is 12.4 Å². The molecule has 0 fully saturated rings. The summed E-state index contributed by atoms with van der Waals surface area (Å²) in [7, 11) is 1.80. The highest BCUT2D eigenvalue weighted by molar-refractivity contribution is 5.76. The maximum atomic E-state index is 14.5. The Hall–Kier alpha value is -4.15. The van der Waals surface area contributed by atoms with Crippen LogP contribution in [0, 0.1) is 12.7 Å². The second-order valence-electron chi connectivity index (χ2n) is 7.38. The molecular formula is C21H20FN9O. The first-order chi connectivity index (χ1) is 15.6. The molecule has 0 bridgehead atoms. The van der Waals surface area contributed by atoms with Crippen molar-refractivity contribution in [2.45, 2.75) is 19.9 Å². The molecule has 0 aliphatic carbocycles. The number of hydrogen-bond donors (Lipinski definition) is 1. The van der Waals surface area contributed by atoms with E-state index in [1.807, 2.05) is 19.1 Å². The molecule has 10 nitrogen and oxygen atoms in total. The minimum Gasteiger partial charge on any atom is -0.493 e. The molecule has 0 spiro atoms. The summed E-state index contributed by atoms with van der Waals surface area (Å²) in [6.07, 6.45) is 2.35. The van der Waals surface area contributed by atoms with E-state index in [4.69, 9.17) is 4.74 Å². The number of nitrogens with zero attached hydrogens (tertiary/aromatic N) is 8. The summed E-state index contributed by atoms with van der Waals surface area (Å²) in [5.41, 5.74) is 4.87. The highest BCUT2D eigenvalue weighted by atomic mass is 19.1. The molecule has 1 aromatic carbocycles. The van der Waals surface area contributed by atoms with Gasteiger partial charge in [-0.05, 0) is 41.6 Å². The Morgan fingerprint density at radius 2 is 2.12 bits per heavy atom. The lowest BCUT2D eigenvalue weighted by Gasteiger charge is -2.15. The molecule has 0 atom stereocenters. The summed E-state index contributed by atoms with van der Waals surface area (Å²) in [5, 5.41) is 23.1. The molecule has 4 aromatic rings. The molecule has 1 aliphatic rings. The number of ether oxygens (including phenoxy) is 1. The molecule has 0 amide bonds. The number of hydrogen-bond acceptors (Lipinski definition) is 8. The van der Waals surface area contributed by atoms with Gasteiger partial charge in [-0.25, -0.2) is 9.37 Å². The summed E-state index contributed by atoms with van der Waals surface area (Å²) < 4.78 is 23.4.